The molecule has 1 aliphatic rings. The lowest BCUT2D eigenvalue weighted by molar-refractivity contribution is -0.148. The van der Waals surface area contributed by atoms with Gasteiger partial charge in [-0.25, -0.2) is 8.42 Å². The van der Waals surface area contributed by atoms with Crippen molar-refractivity contribution in [3.63, 3.8) is 0 Å². The van der Waals surface area contributed by atoms with Crippen LogP contribution in [-0.4, -0.2) is 36.9 Å². The Bertz CT molecular complexity index is 626. The maximum atomic E-state index is 12.6. The first kappa shape index (κ1) is 15.0. The second kappa shape index (κ2) is 5.18. The fourth-order valence-corrected chi connectivity index (χ4v) is 4.39. The second-order valence-corrected chi connectivity index (χ2v) is 7.20. The van der Waals surface area contributed by atoms with Gasteiger partial charge < -0.3 is 5.11 Å². The Morgan fingerprint density at radius 2 is 2.05 bits per heavy atom. The fraction of sp³-hybridized carbons (Fsp3) is 0.500. The first-order valence-corrected chi connectivity index (χ1v) is 8.07. The van der Waals surface area contributed by atoms with E-state index in [1.165, 1.54) is 4.31 Å². The summed E-state index contributed by atoms with van der Waals surface area (Å²) in [7, 11) is -3.61. The molecule has 1 aromatic carbocycles. The number of carboxylic acids is 1. The molecule has 1 unspecified atom stereocenters. The van der Waals surface area contributed by atoms with Crippen LogP contribution in [0.2, 0.25) is 0 Å². The van der Waals surface area contributed by atoms with Crippen LogP contribution in [0.5, 0.6) is 0 Å². The Morgan fingerprint density at radius 3 is 2.55 bits per heavy atom. The molecule has 0 aromatic heterocycles. The van der Waals surface area contributed by atoms with Crippen molar-refractivity contribution in [1.29, 1.82) is 0 Å². The number of carbonyl (C=O) groups is 1. The summed E-state index contributed by atoms with van der Waals surface area (Å²) in [6.45, 7) is 3.84. The van der Waals surface area contributed by atoms with E-state index >= 15 is 0 Å². The van der Waals surface area contributed by atoms with Crippen molar-refractivity contribution >= 4 is 16.0 Å². The number of benzene rings is 1. The molecule has 1 aliphatic heterocycles. The molecule has 0 spiro atoms. The van der Waals surface area contributed by atoms with Crippen LogP contribution >= 0.6 is 0 Å². The number of nitrogens with zero attached hydrogens (tertiary/aromatic N) is 1. The molecule has 110 valence electrons. The van der Waals surface area contributed by atoms with Crippen molar-refractivity contribution in [3.05, 3.63) is 29.8 Å². The average Bonchev–Trinajstić information content (AvgIpc) is 2.85. The van der Waals surface area contributed by atoms with E-state index in [1.807, 2.05) is 0 Å². The van der Waals surface area contributed by atoms with Crippen LogP contribution in [0, 0.1) is 12.3 Å². The lowest BCUT2D eigenvalue weighted by atomic mass is 9.85. The zero-order valence-electron chi connectivity index (χ0n) is 11.7. The van der Waals surface area contributed by atoms with Crippen LogP contribution < -0.4 is 0 Å². The van der Waals surface area contributed by atoms with Gasteiger partial charge in [-0.3, -0.25) is 4.79 Å². The summed E-state index contributed by atoms with van der Waals surface area (Å²) in [5.41, 5.74) is -0.271. The van der Waals surface area contributed by atoms with E-state index in [0.29, 0.717) is 18.4 Å². The fourth-order valence-electron chi connectivity index (χ4n) is 2.64. The largest absolute Gasteiger partial charge is 0.481 e. The highest BCUT2D eigenvalue weighted by Gasteiger charge is 2.47. The van der Waals surface area contributed by atoms with Gasteiger partial charge in [0.25, 0.3) is 0 Å². The Balaban J connectivity index is 2.35. The molecule has 0 amide bonds. The molecule has 20 heavy (non-hydrogen) atoms. The number of aryl methyl sites for hydroxylation is 1. The van der Waals surface area contributed by atoms with Crippen molar-refractivity contribution in [2.45, 2.75) is 31.6 Å². The summed E-state index contributed by atoms with van der Waals surface area (Å²) >= 11 is 0. The summed E-state index contributed by atoms with van der Waals surface area (Å²) < 4.78 is 26.5. The third-order valence-corrected chi connectivity index (χ3v) is 6.17. The molecule has 1 saturated heterocycles. The van der Waals surface area contributed by atoms with Gasteiger partial charge in [-0.15, -0.1) is 0 Å². The van der Waals surface area contributed by atoms with Gasteiger partial charge in [-0.05, 0) is 31.4 Å². The second-order valence-electron chi connectivity index (χ2n) is 5.29. The van der Waals surface area contributed by atoms with Crippen LogP contribution in [0.3, 0.4) is 0 Å². The normalized spacial score (nSPS) is 23.9. The standard InChI is InChI=1S/C14H19NO4S/c1-3-14(13(16)17)8-9-15(10-14)20(18,19)12-7-5-4-6-11(12)2/h4-7H,3,8-10H2,1-2H3,(H,16,17). The van der Waals surface area contributed by atoms with Gasteiger partial charge in [0.05, 0.1) is 10.3 Å². The molecule has 1 fully saturated rings. The number of sulfonamides is 1. The highest BCUT2D eigenvalue weighted by Crippen LogP contribution is 2.37. The summed E-state index contributed by atoms with van der Waals surface area (Å²) in [6.07, 6.45) is 0.798. The molecule has 0 aliphatic carbocycles. The molecule has 5 nitrogen and oxygen atoms in total. The molecule has 1 heterocycles. The average molecular weight is 297 g/mol. The monoisotopic (exact) mass is 297 g/mol. The van der Waals surface area contributed by atoms with Gasteiger partial charge in [0, 0.05) is 13.1 Å². The Hall–Kier alpha value is -1.40. The highest BCUT2D eigenvalue weighted by molar-refractivity contribution is 7.89. The number of aliphatic carboxylic acids is 1. The number of rotatable bonds is 4. The van der Waals surface area contributed by atoms with E-state index < -0.39 is 21.4 Å². The van der Waals surface area contributed by atoms with Crippen LogP contribution in [0.1, 0.15) is 25.3 Å². The molecule has 0 bridgehead atoms. The minimum absolute atomic E-state index is 0.0511. The highest BCUT2D eigenvalue weighted by atomic mass is 32.2. The number of hydrogen-bond acceptors (Lipinski definition) is 3. The molecule has 6 heteroatoms. The van der Waals surface area contributed by atoms with E-state index in [1.54, 1.807) is 38.1 Å². The van der Waals surface area contributed by atoms with Crippen LogP contribution in [0.4, 0.5) is 0 Å². The predicted octanol–water partition coefficient (Wildman–Crippen LogP) is 1.87. The van der Waals surface area contributed by atoms with E-state index in [4.69, 9.17) is 0 Å². The first-order valence-electron chi connectivity index (χ1n) is 6.63. The van der Waals surface area contributed by atoms with Gasteiger partial charge in [0.15, 0.2) is 0 Å². The van der Waals surface area contributed by atoms with E-state index in [9.17, 15) is 18.3 Å². The minimum Gasteiger partial charge on any atom is -0.481 e. The Morgan fingerprint density at radius 1 is 1.40 bits per heavy atom. The Kier molecular flexibility index (Phi) is 3.88. The summed E-state index contributed by atoms with van der Waals surface area (Å²) in [5.74, 6) is -0.914. The van der Waals surface area contributed by atoms with Crippen LogP contribution in [0.25, 0.3) is 0 Å². The topological polar surface area (TPSA) is 74.7 Å². The lowest BCUT2D eigenvalue weighted by Crippen LogP contribution is -2.36. The van der Waals surface area contributed by atoms with E-state index in [2.05, 4.69) is 0 Å². The Labute approximate surface area is 119 Å². The summed E-state index contributed by atoms with van der Waals surface area (Å²) in [6, 6.07) is 6.77. The zero-order chi connectivity index (χ0) is 15.0. The summed E-state index contributed by atoms with van der Waals surface area (Å²) in [4.78, 5) is 11.7. The van der Waals surface area contributed by atoms with E-state index in [0.717, 1.165) is 0 Å². The number of carboxylic acid groups (broad SMARTS) is 1. The van der Waals surface area contributed by atoms with Crippen molar-refractivity contribution in [2.24, 2.45) is 5.41 Å². The first-order chi connectivity index (χ1) is 9.33. The van der Waals surface area contributed by atoms with Gasteiger partial charge in [-0.1, -0.05) is 25.1 Å². The molecule has 0 radical (unpaired) electrons. The third kappa shape index (κ3) is 2.33. The van der Waals surface area contributed by atoms with Crippen molar-refractivity contribution in [1.82, 2.24) is 4.31 Å². The van der Waals surface area contributed by atoms with Crippen molar-refractivity contribution in [2.75, 3.05) is 13.1 Å². The summed E-state index contributed by atoms with van der Waals surface area (Å²) in [5, 5.41) is 9.35. The lowest BCUT2D eigenvalue weighted by Gasteiger charge is -2.23. The maximum absolute atomic E-state index is 12.6. The molecule has 1 atom stereocenters. The van der Waals surface area contributed by atoms with Gasteiger partial charge in [0.1, 0.15) is 0 Å². The maximum Gasteiger partial charge on any atom is 0.311 e. The zero-order valence-corrected chi connectivity index (χ0v) is 12.5. The van der Waals surface area contributed by atoms with E-state index in [-0.39, 0.29) is 18.0 Å². The van der Waals surface area contributed by atoms with Crippen LogP contribution in [0.15, 0.2) is 29.2 Å². The third-order valence-electron chi connectivity index (χ3n) is 4.16. The van der Waals surface area contributed by atoms with Crippen molar-refractivity contribution < 1.29 is 18.3 Å². The van der Waals surface area contributed by atoms with Crippen molar-refractivity contribution in [3.8, 4) is 0 Å². The van der Waals surface area contributed by atoms with Gasteiger partial charge in [0.2, 0.25) is 10.0 Å². The molecule has 1 aromatic rings. The molecule has 2 rings (SSSR count). The molecular weight excluding hydrogens is 278 g/mol. The quantitative estimate of drug-likeness (QED) is 0.920. The minimum atomic E-state index is -3.61. The smallest absolute Gasteiger partial charge is 0.311 e. The van der Waals surface area contributed by atoms with Gasteiger partial charge in [-0.2, -0.15) is 4.31 Å². The molecular formula is C14H19NO4S. The van der Waals surface area contributed by atoms with Crippen LogP contribution in [-0.2, 0) is 14.8 Å². The molecule has 0 saturated carbocycles. The van der Waals surface area contributed by atoms with Gasteiger partial charge >= 0.3 is 5.97 Å². The molecule has 1 N–H and O–H groups in total. The SMILES string of the molecule is CCC1(C(=O)O)CCN(S(=O)(=O)c2ccccc2C)C1. The predicted molar refractivity (Wildman–Crippen MR) is 74.9 cm³/mol. The number of hydrogen-bond donors (Lipinski definition) is 1.